The third-order valence-corrected chi connectivity index (χ3v) is 6.35. The summed E-state index contributed by atoms with van der Waals surface area (Å²) in [5, 5.41) is 9.73. The maximum Gasteiger partial charge on any atom is 0.312 e. The topological polar surface area (TPSA) is 74.7 Å². The molecule has 0 amide bonds. The van der Waals surface area contributed by atoms with Gasteiger partial charge in [-0.2, -0.15) is 0 Å². The number of hydrogen-bond acceptors (Lipinski definition) is 3. The number of hydrogen-bond donors (Lipinski definition) is 1. The number of sulfonamides is 1. The van der Waals surface area contributed by atoms with Gasteiger partial charge in [0.1, 0.15) is 5.92 Å². The Bertz CT molecular complexity index is 895. The predicted octanol–water partition coefficient (Wildman–Crippen LogP) is 3.03. The lowest BCUT2D eigenvalue weighted by molar-refractivity contribution is -0.138. The molecule has 1 N–H and O–H groups in total. The van der Waals surface area contributed by atoms with Crippen molar-refractivity contribution in [2.45, 2.75) is 17.7 Å². The molecular weight excluding hydrogens is 338 g/mol. The van der Waals surface area contributed by atoms with E-state index in [1.54, 1.807) is 43.3 Å². The fourth-order valence-electron chi connectivity index (χ4n) is 2.80. The van der Waals surface area contributed by atoms with E-state index in [9.17, 15) is 18.3 Å². The van der Waals surface area contributed by atoms with E-state index < -0.39 is 21.9 Å². The van der Waals surface area contributed by atoms with Gasteiger partial charge >= 0.3 is 5.97 Å². The van der Waals surface area contributed by atoms with E-state index in [2.05, 4.69) is 0 Å². The zero-order chi connectivity index (χ0) is 16.8. The molecule has 0 aliphatic carbocycles. The molecule has 0 aromatic heterocycles. The SMILES string of the molecule is Cc1c(Cl)cccc1S(=O)(=O)N1C[C@@H](C(=O)O)c2ccccc21. The minimum atomic E-state index is -3.89. The van der Waals surface area contributed by atoms with Gasteiger partial charge in [-0.25, -0.2) is 8.42 Å². The van der Waals surface area contributed by atoms with Gasteiger partial charge in [0, 0.05) is 5.02 Å². The van der Waals surface area contributed by atoms with Crippen LogP contribution >= 0.6 is 11.6 Å². The lowest BCUT2D eigenvalue weighted by Gasteiger charge is -2.21. The Morgan fingerprint density at radius 1 is 1.22 bits per heavy atom. The predicted molar refractivity (Wildman–Crippen MR) is 87.5 cm³/mol. The van der Waals surface area contributed by atoms with E-state index in [0.29, 0.717) is 21.8 Å². The summed E-state index contributed by atoms with van der Waals surface area (Å²) in [6.07, 6.45) is 0. The Balaban J connectivity index is 2.15. The normalized spacial score (nSPS) is 17.1. The van der Waals surface area contributed by atoms with Gasteiger partial charge in [-0.05, 0) is 36.2 Å². The Morgan fingerprint density at radius 3 is 2.61 bits per heavy atom. The molecule has 1 aliphatic heterocycles. The van der Waals surface area contributed by atoms with Crippen molar-refractivity contribution in [3.05, 3.63) is 58.6 Å². The van der Waals surface area contributed by atoms with Crippen LogP contribution in [0.1, 0.15) is 17.0 Å². The first kappa shape index (κ1) is 15.8. The summed E-state index contributed by atoms with van der Waals surface area (Å²) < 4.78 is 27.2. The van der Waals surface area contributed by atoms with Crippen molar-refractivity contribution in [2.75, 3.05) is 10.8 Å². The summed E-state index contributed by atoms with van der Waals surface area (Å²) in [7, 11) is -3.89. The zero-order valence-corrected chi connectivity index (χ0v) is 13.8. The van der Waals surface area contributed by atoms with Gasteiger partial charge in [-0.15, -0.1) is 0 Å². The lowest BCUT2D eigenvalue weighted by Crippen LogP contribution is -2.31. The average Bonchev–Trinajstić information content (AvgIpc) is 2.90. The number of nitrogens with zero attached hydrogens (tertiary/aromatic N) is 1. The largest absolute Gasteiger partial charge is 0.481 e. The molecule has 0 bridgehead atoms. The van der Waals surface area contributed by atoms with Crippen molar-refractivity contribution >= 4 is 33.3 Å². The van der Waals surface area contributed by atoms with E-state index in [1.807, 2.05) is 0 Å². The first-order chi connectivity index (χ1) is 10.8. The number of carboxylic acid groups (broad SMARTS) is 1. The Kier molecular flexibility index (Phi) is 3.82. The number of aliphatic carboxylic acids is 1. The molecular formula is C16H14ClNO4S. The molecule has 2 aromatic carbocycles. The van der Waals surface area contributed by atoms with E-state index >= 15 is 0 Å². The Morgan fingerprint density at radius 2 is 1.91 bits per heavy atom. The van der Waals surface area contributed by atoms with Gasteiger partial charge < -0.3 is 5.11 Å². The first-order valence-electron chi connectivity index (χ1n) is 6.93. The van der Waals surface area contributed by atoms with Crippen LogP contribution < -0.4 is 4.31 Å². The summed E-state index contributed by atoms with van der Waals surface area (Å²) in [6, 6.07) is 11.3. The second-order valence-corrected chi connectivity index (χ2v) is 7.59. The van der Waals surface area contributed by atoms with Gasteiger partial charge in [-0.1, -0.05) is 35.9 Å². The number of para-hydroxylation sites is 1. The van der Waals surface area contributed by atoms with E-state index in [0.717, 1.165) is 4.31 Å². The van der Waals surface area contributed by atoms with Crippen molar-refractivity contribution in [1.82, 2.24) is 0 Å². The Hall–Kier alpha value is -2.05. The molecule has 0 unspecified atom stereocenters. The van der Waals surface area contributed by atoms with Crippen LogP contribution in [0.2, 0.25) is 5.02 Å². The molecule has 120 valence electrons. The van der Waals surface area contributed by atoms with Crippen LogP contribution in [0.4, 0.5) is 5.69 Å². The van der Waals surface area contributed by atoms with Crippen LogP contribution in [0.15, 0.2) is 47.4 Å². The van der Waals surface area contributed by atoms with E-state index in [1.165, 1.54) is 6.07 Å². The van der Waals surface area contributed by atoms with E-state index in [-0.39, 0.29) is 11.4 Å². The highest BCUT2D eigenvalue weighted by Gasteiger charge is 2.40. The van der Waals surface area contributed by atoms with Crippen LogP contribution in [-0.2, 0) is 14.8 Å². The number of carboxylic acids is 1. The van der Waals surface area contributed by atoms with E-state index in [4.69, 9.17) is 11.6 Å². The molecule has 0 fully saturated rings. The van der Waals surface area contributed by atoms with Crippen molar-refractivity contribution in [3.63, 3.8) is 0 Å². The summed E-state index contributed by atoms with van der Waals surface area (Å²) in [6.45, 7) is 1.51. The summed E-state index contributed by atoms with van der Waals surface area (Å²) in [5.41, 5.74) is 1.35. The number of fused-ring (bicyclic) bond motifs is 1. The Labute approximate surface area is 139 Å². The number of carbonyl (C=O) groups is 1. The molecule has 1 heterocycles. The second-order valence-electron chi connectivity index (χ2n) is 5.35. The fraction of sp³-hybridized carbons (Fsp3) is 0.188. The van der Waals surface area contributed by atoms with Crippen molar-refractivity contribution in [2.24, 2.45) is 0 Å². The van der Waals surface area contributed by atoms with Crippen molar-refractivity contribution < 1.29 is 18.3 Å². The standard InChI is InChI=1S/C16H14ClNO4S/c1-10-13(17)6-4-8-15(10)23(21,22)18-9-12(16(19)20)11-5-2-3-7-14(11)18/h2-8,12H,9H2,1H3,(H,19,20)/t12-/m1/s1. The summed E-state index contributed by atoms with van der Waals surface area (Å²) in [5.74, 6) is -1.92. The molecule has 1 aliphatic rings. The number of anilines is 1. The molecule has 23 heavy (non-hydrogen) atoms. The minimum absolute atomic E-state index is 0.0887. The van der Waals surface area contributed by atoms with Crippen molar-refractivity contribution in [3.8, 4) is 0 Å². The highest BCUT2D eigenvalue weighted by atomic mass is 35.5. The molecule has 1 atom stereocenters. The molecule has 0 spiro atoms. The van der Waals surface area contributed by atoms with Crippen LogP contribution in [0.3, 0.4) is 0 Å². The maximum atomic E-state index is 13.0. The van der Waals surface area contributed by atoms with Gasteiger partial charge in [0.05, 0.1) is 17.1 Å². The highest BCUT2D eigenvalue weighted by molar-refractivity contribution is 7.93. The molecule has 2 aromatic rings. The summed E-state index contributed by atoms with van der Waals surface area (Å²) >= 11 is 6.03. The maximum absolute atomic E-state index is 13.0. The third kappa shape index (κ3) is 2.48. The average molecular weight is 352 g/mol. The quantitative estimate of drug-likeness (QED) is 0.922. The monoisotopic (exact) mass is 351 g/mol. The number of rotatable bonds is 3. The fourth-order valence-corrected chi connectivity index (χ4v) is 4.78. The van der Waals surface area contributed by atoms with Crippen molar-refractivity contribution in [1.29, 1.82) is 0 Å². The molecule has 0 radical (unpaired) electrons. The highest BCUT2D eigenvalue weighted by Crippen LogP contribution is 2.40. The first-order valence-corrected chi connectivity index (χ1v) is 8.75. The van der Waals surface area contributed by atoms with Crippen LogP contribution in [-0.4, -0.2) is 26.0 Å². The van der Waals surface area contributed by atoms with Crippen LogP contribution in [0, 0.1) is 6.92 Å². The third-order valence-electron chi connectivity index (χ3n) is 4.01. The molecule has 7 heteroatoms. The number of benzene rings is 2. The lowest BCUT2D eigenvalue weighted by atomic mass is 10.0. The number of halogens is 1. The minimum Gasteiger partial charge on any atom is -0.481 e. The van der Waals surface area contributed by atoms with Gasteiger partial charge in [0.15, 0.2) is 0 Å². The smallest absolute Gasteiger partial charge is 0.312 e. The summed E-state index contributed by atoms with van der Waals surface area (Å²) in [4.78, 5) is 11.5. The zero-order valence-electron chi connectivity index (χ0n) is 12.2. The van der Waals surface area contributed by atoms with Crippen LogP contribution in [0.5, 0.6) is 0 Å². The van der Waals surface area contributed by atoms with Gasteiger partial charge in [-0.3, -0.25) is 9.10 Å². The van der Waals surface area contributed by atoms with Crippen LogP contribution in [0.25, 0.3) is 0 Å². The van der Waals surface area contributed by atoms with Gasteiger partial charge in [0.25, 0.3) is 10.0 Å². The molecule has 0 saturated heterocycles. The second kappa shape index (κ2) is 5.54. The molecule has 3 rings (SSSR count). The molecule has 5 nitrogen and oxygen atoms in total. The van der Waals surface area contributed by atoms with Gasteiger partial charge in [0.2, 0.25) is 0 Å². The molecule has 0 saturated carbocycles.